The number of sulfonamides is 1. The highest BCUT2D eigenvalue weighted by atomic mass is 35.5. The van der Waals surface area contributed by atoms with Gasteiger partial charge in [0.2, 0.25) is 5.91 Å². The molecule has 5 rings (SSSR count). The maximum Gasteiger partial charge on any atom is 0.264 e. The number of amides is 2. The molecule has 0 radical (unpaired) electrons. The number of hydrogen-bond acceptors (Lipinski definition) is 5. The third kappa shape index (κ3) is 5.27. The van der Waals surface area contributed by atoms with Crippen molar-refractivity contribution in [1.82, 2.24) is 10.2 Å². The van der Waals surface area contributed by atoms with E-state index < -0.39 is 21.5 Å². The van der Waals surface area contributed by atoms with E-state index >= 15 is 0 Å². The Morgan fingerprint density at radius 2 is 1.76 bits per heavy atom. The molecule has 2 aliphatic rings. The first kappa shape index (κ1) is 29.7. The zero-order chi connectivity index (χ0) is 30.1. The van der Waals surface area contributed by atoms with E-state index in [0.717, 1.165) is 11.1 Å². The standard InChI is InChI=1S/C32H34ClN3O5S/c1-4-7-30-32(16-18-35(19-17-32)22(2)37)27-20-23(31(38)34-21-24-8-5-6-9-28(24)33)10-15-29(27)36(30)42(39,40)26-13-11-25(41-3)12-14-26/h4-15,20,30H,16-19,21H2,1-3H3,(H,34,38)/b7-4+. The molecule has 2 aliphatic heterocycles. The SMILES string of the molecule is C/C=C/C1N(S(=O)(=O)c2ccc(OC)cc2)c2ccc(C(=O)NCc3ccccc3Cl)cc2C12CCN(C(C)=O)CC2. The number of methoxy groups -OCH3 is 1. The first-order valence-electron chi connectivity index (χ1n) is 13.9. The third-order valence-corrected chi connectivity index (χ3v) is 10.5. The summed E-state index contributed by atoms with van der Waals surface area (Å²) in [5.41, 5.74) is 1.92. The van der Waals surface area contributed by atoms with Crippen LogP contribution in [-0.2, 0) is 26.8 Å². The summed E-state index contributed by atoms with van der Waals surface area (Å²) in [5, 5.41) is 3.51. The van der Waals surface area contributed by atoms with Gasteiger partial charge in [0.05, 0.1) is 23.7 Å². The number of halogens is 1. The zero-order valence-corrected chi connectivity index (χ0v) is 25.4. The fraction of sp³-hybridized carbons (Fsp3) is 0.312. The van der Waals surface area contributed by atoms with E-state index in [1.54, 1.807) is 54.3 Å². The monoisotopic (exact) mass is 607 g/mol. The number of nitrogens with one attached hydrogen (secondary N) is 1. The third-order valence-electron chi connectivity index (χ3n) is 8.34. The molecule has 3 aromatic carbocycles. The number of hydrogen-bond donors (Lipinski definition) is 1. The van der Waals surface area contributed by atoms with Gasteiger partial charge in [0.25, 0.3) is 15.9 Å². The van der Waals surface area contributed by atoms with E-state index in [-0.39, 0.29) is 23.3 Å². The summed E-state index contributed by atoms with van der Waals surface area (Å²) in [7, 11) is -2.48. The number of anilines is 1. The fourth-order valence-electron chi connectivity index (χ4n) is 6.09. The van der Waals surface area contributed by atoms with E-state index in [0.29, 0.717) is 48.0 Å². The molecule has 1 fully saturated rings. The van der Waals surface area contributed by atoms with Crippen molar-refractivity contribution in [3.8, 4) is 5.75 Å². The molecule has 3 aromatic rings. The summed E-state index contributed by atoms with van der Waals surface area (Å²) in [6.07, 6.45) is 4.88. The van der Waals surface area contributed by atoms with Crippen molar-refractivity contribution in [3.05, 3.63) is 101 Å². The Hall–Kier alpha value is -3.82. The van der Waals surface area contributed by atoms with Crippen molar-refractivity contribution in [2.45, 2.75) is 49.6 Å². The molecule has 1 N–H and O–H groups in total. The topological polar surface area (TPSA) is 96.0 Å². The van der Waals surface area contributed by atoms with Gasteiger partial charge in [0.1, 0.15) is 5.75 Å². The van der Waals surface area contributed by atoms with Gasteiger partial charge >= 0.3 is 0 Å². The van der Waals surface area contributed by atoms with E-state index in [4.69, 9.17) is 16.3 Å². The molecule has 0 bridgehead atoms. The molecular weight excluding hydrogens is 574 g/mol. The predicted octanol–water partition coefficient (Wildman–Crippen LogP) is 5.31. The Morgan fingerprint density at radius 1 is 1.07 bits per heavy atom. The Kier molecular flexibility index (Phi) is 8.35. The quantitative estimate of drug-likeness (QED) is 0.367. The fourth-order valence-corrected chi connectivity index (χ4v) is 7.99. The van der Waals surface area contributed by atoms with Crippen molar-refractivity contribution in [3.63, 3.8) is 0 Å². The highest BCUT2D eigenvalue weighted by Crippen LogP contribution is 2.53. The van der Waals surface area contributed by atoms with Crippen LogP contribution in [-0.4, -0.2) is 51.4 Å². The van der Waals surface area contributed by atoms with Crippen LogP contribution in [0.1, 0.15) is 48.2 Å². The Bertz CT molecular complexity index is 1630. The van der Waals surface area contributed by atoms with Crippen LogP contribution in [0, 0.1) is 0 Å². The second kappa shape index (κ2) is 11.8. The van der Waals surface area contributed by atoms with Gasteiger partial charge in [-0.15, -0.1) is 0 Å². The molecule has 2 heterocycles. The van der Waals surface area contributed by atoms with Crippen molar-refractivity contribution in [2.75, 3.05) is 24.5 Å². The predicted molar refractivity (Wildman–Crippen MR) is 163 cm³/mol. The number of nitrogens with zero attached hydrogens (tertiary/aromatic N) is 2. The summed E-state index contributed by atoms with van der Waals surface area (Å²) in [6, 6.07) is 18.3. The molecule has 1 saturated heterocycles. The van der Waals surface area contributed by atoms with E-state index in [9.17, 15) is 18.0 Å². The van der Waals surface area contributed by atoms with Gasteiger partial charge in [0.15, 0.2) is 0 Å². The zero-order valence-electron chi connectivity index (χ0n) is 23.8. The average molecular weight is 608 g/mol. The number of carbonyl (C=O) groups excluding carboxylic acids is 2. The maximum absolute atomic E-state index is 14.3. The van der Waals surface area contributed by atoms with E-state index in [1.807, 2.05) is 43.3 Å². The number of piperidine rings is 1. The number of benzene rings is 3. The number of carbonyl (C=O) groups is 2. The van der Waals surface area contributed by atoms with Gasteiger partial charge in [-0.25, -0.2) is 8.42 Å². The van der Waals surface area contributed by atoms with Gasteiger partial charge in [-0.3, -0.25) is 13.9 Å². The second-order valence-corrected chi connectivity index (χ2v) is 12.8. The van der Waals surface area contributed by atoms with Crippen LogP contribution in [0.5, 0.6) is 5.75 Å². The molecule has 10 heteroatoms. The van der Waals surface area contributed by atoms with Crippen LogP contribution >= 0.6 is 11.6 Å². The van der Waals surface area contributed by atoms with Crippen molar-refractivity contribution >= 4 is 39.1 Å². The molecule has 0 aromatic heterocycles. The molecule has 1 atom stereocenters. The molecule has 42 heavy (non-hydrogen) atoms. The normalized spacial score (nSPS) is 17.9. The molecular formula is C32H34ClN3O5S. The summed E-state index contributed by atoms with van der Waals surface area (Å²) < 4.78 is 35.3. The number of likely N-dealkylation sites (tertiary alicyclic amines) is 1. The van der Waals surface area contributed by atoms with Crippen LogP contribution in [0.25, 0.3) is 0 Å². The first-order chi connectivity index (χ1) is 20.1. The van der Waals surface area contributed by atoms with Crippen molar-refractivity contribution < 1.29 is 22.7 Å². The second-order valence-electron chi connectivity index (χ2n) is 10.6. The number of ether oxygens (including phenoxy) is 1. The lowest BCUT2D eigenvalue weighted by atomic mass is 9.69. The van der Waals surface area contributed by atoms with Crippen molar-refractivity contribution in [1.29, 1.82) is 0 Å². The maximum atomic E-state index is 14.3. The van der Waals surface area contributed by atoms with Gasteiger partial charge < -0.3 is 15.0 Å². The van der Waals surface area contributed by atoms with Gasteiger partial charge in [-0.05, 0) is 79.4 Å². The molecule has 220 valence electrons. The Balaban J connectivity index is 1.58. The Morgan fingerprint density at radius 3 is 2.38 bits per heavy atom. The van der Waals surface area contributed by atoms with Crippen LogP contribution in [0.3, 0.4) is 0 Å². The molecule has 2 amide bonds. The lowest BCUT2D eigenvalue weighted by Crippen LogP contribution is -2.52. The summed E-state index contributed by atoms with van der Waals surface area (Å²) >= 11 is 6.28. The summed E-state index contributed by atoms with van der Waals surface area (Å²) in [6.45, 7) is 4.65. The molecule has 0 saturated carbocycles. The van der Waals surface area contributed by atoms with E-state index in [1.165, 1.54) is 11.4 Å². The first-order valence-corrected chi connectivity index (χ1v) is 15.7. The number of fused-ring (bicyclic) bond motifs is 2. The molecule has 1 spiro atoms. The highest BCUT2D eigenvalue weighted by Gasteiger charge is 2.55. The van der Waals surface area contributed by atoms with Crippen LogP contribution in [0.2, 0.25) is 5.02 Å². The van der Waals surface area contributed by atoms with Crippen LogP contribution < -0.4 is 14.4 Å². The minimum Gasteiger partial charge on any atom is -0.497 e. The van der Waals surface area contributed by atoms with Crippen LogP contribution in [0.15, 0.2) is 83.8 Å². The minimum absolute atomic E-state index is 0.0129. The number of allylic oxidation sites excluding steroid dienone is 1. The average Bonchev–Trinajstić information content (AvgIpc) is 3.25. The molecule has 8 nitrogen and oxygen atoms in total. The van der Waals surface area contributed by atoms with E-state index in [2.05, 4.69) is 5.32 Å². The smallest absolute Gasteiger partial charge is 0.264 e. The van der Waals surface area contributed by atoms with Gasteiger partial charge in [0, 0.05) is 42.6 Å². The van der Waals surface area contributed by atoms with Gasteiger partial charge in [-0.2, -0.15) is 0 Å². The molecule has 0 aliphatic carbocycles. The lowest BCUT2D eigenvalue weighted by molar-refractivity contribution is -0.130. The van der Waals surface area contributed by atoms with Crippen LogP contribution in [0.4, 0.5) is 5.69 Å². The lowest BCUT2D eigenvalue weighted by Gasteiger charge is -2.43. The molecule has 1 unspecified atom stereocenters. The highest BCUT2D eigenvalue weighted by molar-refractivity contribution is 7.93. The van der Waals surface area contributed by atoms with Gasteiger partial charge in [-0.1, -0.05) is 42.0 Å². The summed E-state index contributed by atoms with van der Waals surface area (Å²) in [4.78, 5) is 27.5. The largest absolute Gasteiger partial charge is 0.497 e. The van der Waals surface area contributed by atoms with Crippen molar-refractivity contribution in [2.24, 2.45) is 0 Å². The Labute approximate surface area is 252 Å². The summed E-state index contributed by atoms with van der Waals surface area (Å²) in [5.74, 6) is 0.260. The minimum atomic E-state index is -4.01. The number of rotatable bonds is 7.